The smallest absolute Gasteiger partial charge is 0.306 e. The quantitative estimate of drug-likeness (QED) is 0.0263. The molecule has 0 aromatic rings. The van der Waals surface area contributed by atoms with Crippen LogP contribution < -0.4 is 0 Å². The fourth-order valence-corrected chi connectivity index (χ4v) is 7.06. The van der Waals surface area contributed by atoms with Crippen molar-refractivity contribution in [2.45, 2.75) is 258 Å². The van der Waals surface area contributed by atoms with Crippen LogP contribution in [0.1, 0.15) is 252 Å². The van der Waals surface area contributed by atoms with Crippen LogP contribution in [0.2, 0.25) is 0 Å². The minimum absolute atomic E-state index is 0.0924. The topological polar surface area (TPSA) is 78.9 Å². The number of carbonyl (C=O) groups is 3. The molecule has 0 N–H and O–H groups in total. The Morgan fingerprint density at radius 3 is 1.12 bits per heavy atom. The summed E-state index contributed by atoms with van der Waals surface area (Å²) in [4.78, 5) is 37.9. The van der Waals surface area contributed by atoms with Crippen molar-refractivity contribution in [1.82, 2.24) is 0 Å². The summed E-state index contributed by atoms with van der Waals surface area (Å²) in [5, 5.41) is 0. The van der Waals surface area contributed by atoms with Crippen molar-refractivity contribution in [2.75, 3.05) is 13.2 Å². The van der Waals surface area contributed by atoms with E-state index in [9.17, 15) is 14.4 Å². The highest BCUT2D eigenvalue weighted by atomic mass is 16.6. The van der Waals surface area contributed by atoms with Crippen LogP contribution >= 0.6 is 0 Å². The summed E-state index contributed by atoms with van der Waals surface area (Å²) in [6.07, 6.45) is 56.8. The molecule has 0 bridgehead atoms. The lowest BCUT2D eigenvalue weighted by Gasteiger charge is -2.18. The van der Waals surface area contributed by atoms with Crippen LogP contribution in [0.5, 0.6) is 0 Å². The van der Waals surface area contributed by atoms with Crippen molar-refractivity contribution in [1.29, 1.82) is 0 Å². The first-order valence-electron chi connectivity index (χ1n) is 25.1. The molecule has 0 radical (unpaired) electrons. The number of hydrogen-bond donors (Lipinski definition) is 0. The van der Waals surface area contributed by atoms with Gasteiger partial charge in [0.1, 0.15) is 13.2 Å². The molecule has 0 aliphatic carbocycles. The number of carbonyl (C=O) groups excluding carboxylic acids is 3. The molecule has 0 amide bonds. The van der Waals surface area contributed by atoms with E-state index in [0.29, 0.717) is 19.3 Å². The predicted octanol–water partition coefficient (Wildman–Crippen LogP) is 16.3. The van der Waals surface area contributed by atoms with Gasteiger partial charge in [-0.15, -0.1) is 0 Å². The van der Waals surface area contributed by atoms with Crippen LogP contribution in [0, 0.1) is 0 Å². The summed E-state index contributed by atoms with van der Waals surface area (Å²) in [6.45, 7) is 6.47. The van der Waals surface area contributed by atoms with Crippen LogP contribution in [0.15, 0.2) is 48.6 Å². The Kier molecular flexibility index (Phi) is 45.9. The van der Waals surface area contributed by atoms with Crippen molar-refractivity contribution in [3.8, 4) is 0 Å². The summed E-state index contributed by atoms with van der Waals surface area (Å²) in [5.74, 6) is -0.964. The highest BCUT2D eigenvalue weighted by molar-refractivity contribution is 5.71. The van der Waals surface area contributed by atoms with Crippen molar-refractivity contribution >= 4 is 17.9 Å². The van der Waals surface area contributed by atoms with E-state index in [4.69, 9.17) is 14.2 Å². The lowest BCUT2D eigenvalue weighted by molar-refractivity contribution is -0.166. The first-order valence-corrected chi connectivity index (χ1v) is 25.1. The van der Waals surface area contributed by atoms with Gasteiger partial charge in [0.2, 0.25) is 0 Å². The molecule has 1 atom stereocenters. The zero-order valence-corrected chi connectivity index (χ0v) is 39.0. The maximum Gasteiger partial charge on any atom is 0.306 e. The number of ether oxygens (including phenoxy) is 3. The van der Waals surface area contributed by atoms with E-state index in [1.165, 1.54) is 135 Å². The Labute approximate surface area is 365 Å². The summed E-state index contributed by atoms with van der Waals surface area (Å²) in [7, 11) is 0. The van der Waals surface area contributed by atoms with Gasteiger partial charge < -0.3 is 14.2 Å². The van der Waals surface area contributed by atoms with Crippen molar-refractivity contribution in [3.63, 3.8) is 0 Å². The molecule has 0 aromatic carbocycles. The van der Waals surface area contributed by atoms with E-state index in [0.717, 1.165) is 70.6 Å². The van der Waals surface area contributed by atoms with E-state index >= 15 is 0 Å². The molecule has 0 saturated carbocycles. The molecule has 0 heterocycles. The van der Waals surface area contributed by atoms with Gasteiger partial charge in [0.25, 0.3) is 0 Å². The third-order valence-corrected chi connectivity index (χ3v) is 10.8. The largest absolute Gasteiger partial charge is 0.462 e. The molecular weight excluding hydrogens is 733 g/mol. The monoisotopic (exact) mass is 827 g/mol. The molecule has 1 unspecified atom stereocenters. The number of hydrogen-bond acceptors (Lipinski definition) is 6. The molecule has 342 valence electrons. The normalized spacial score (nSPS) is 12.4. The molecule has 59 heavy (non-hydrogen) atoms. The van der Waals surface area contributed by atoms with Gasteiger partial charge in [-0.2, -0.15) is 0 Å². The lowest BCUT2D eigenvalue weighted by Crippen LogP contribution is -2.30. The summed E-state index contributed by atoms with van der Waals surface area (Å²) < 4.78 is 16.7. The minimum atomic E-state index is -0.794. The zero-order chi connectivity index (χ0) is 43.0. The standard InChI is InChI=1S/C53H94O6/c1-4-7-10-13-16-19-22-25-28-31-34-37-40-43-46-52(55)58-49-50(48-57-51(54)45-42-39-36-33-30-27-24-21-18-15-12-9-6-3)59-53(56)47-44-41-38-35-32-29-26-23-20-17-14-11-8-5-2/h7,10,16,19,27,30,36,39,50H,4-6,8-9,11-15,17-18,20-26,28-29,31-35,37-38,40-49H2,1-3H3/b10-7-,19-16-,30-27-,39-36-. The molecule has 6 nitrogen and oxygen atoms in total. The maximum absolute atomic E-state index is 12.8. The van der Waals surface area contributed by atoms with Crippen LogP contribution in [0.4, 0.5) is 0 Å². The van der Waals surface area contributed by atoms with Gasteiger partial charge in [-0.05, 0) is 64.2 Å². The molecule has 0 aliphatic rings. The van der Waals surface area contributed by atoms with Crippen molar-refractivity contribution in [3.05, 3.63) is 48.6 Å². The second-order valence-corrected chi connectivity index (χ2v) is 16.7. The van der Waals surface area contributed by atoms with E-state index in [1.54, 1.807) is 0 Å². The Morgan fingerprint density at radius 1 is 0.356 bits per heavy atom. The van der Waals surface area contributed by atoms with E-state index in [-0.39, 0.29) is 37.5 Å². The Balaban J connectivity index is 4.43. The maximum atomic E-state index is 12.8. The van der Waals surface area contributed by atoms with E-state index in [2.05, 4.69) is 63.3 Å². The Morgan fingerprint density at radius 2 is 0.695 bits per heavy atom. The molecule has 0 aliphatic heterocycles. The van der Waals surface area contributed by atoms with Crippen LogP contribution in [-0.2, 0) is 28.6 Å². The molecule has 6 heteroatoms. The zero-order valence-electron chi connectivity index (χ0n) is 39.0. The van der Waals surface area contributed by atoms with E-state index in [1.807, 2.05) is 6.08 Å². The second-order valence-electron chi connectivity index (χ2n) is 16.7. The van der Waals surface area contributed by atoms with E-state index < -0.39 is 6.10 Å². The molecule has 0 fully saturated rings. The van der Waals surface area contributed by atoms with Gasteiger partial charge in [-0.3, -0.25) is 14.4 Å². The molecule has 0 spiro atoms. The van der Waals surface area contributed by atoms with Gasteiger partial charge in [-0.25, -0.2) is 0 Å². The number of allylic oxidation sites excluding steroid dienone is 8. The average molecular weight is 827 g/mol. The molecular formula is C53H94O6. The summed E-state index contributed by atoms with van der Waals surface area (Å²) >= 11 is 0. The van der Waals surface area contributed by atoms with Crippen molar-refractivity contribution < 1.29 is 28.6 Å². The molecule has 0 aromatic heterocycles. The van der Waals surface area contributed by atoms with Gasteiger partial charge in [-0.1, -0.05) is 217 Å². The SMILES string of the molecule is CC/C=C\C/C=C\CCCCCCCCCC(=O)OCC(COC(=O)CC/C=C\C/C=C\CCCCCCCC)OC(=O)CCCCCCCCCCCCCCCC. The van der Waals surface area contributed by atoms with Gasteiger partial charge >= 0.3 is 17.9 Å². The Bertz CT molecular complexity index is 1040. The highest BCUT2D eigenvalue weighted by Gasteiger charge is 2.19. The summed E-state index contributed by atoms with van der Waals surface area (Å²) in [6, 6.07) is 0. The Hall–Kier alpha value is -2.63. The predicted molar refractivity (Wildman–Crippen MR) is 252 cm³/mol. The first kappa shape index (κ1) is 56.4. The average Bonchev–Trinajstić information content (AvgIpc) is 3.23. The number of esters is 3. The summed E-state index contributed by atoms with van der Waals surface area (Å²) in [5.41, 5.74) is 0. The minimum Gasteiger partial charge on any atom is -0.462 e. The molecule has 0 saturated heterocycles. The van der Waals surface area contributed by atoms with Gasteiger partial charge in [0.15, 0.2) is 6.10 Å². The highest BCUT2D eigenvalue weighted by Crippen LogP contribution is 2.15. The van der Waals surface area contributed by atoms with Gasteiger partial charge in [0, 0.05) is 19.3 Å². The number of unbranched alkanes of at least 4 members (excludes halogenated alkanes) is 26. The second kappa shape index (κ2) is 48.0. The van der Waals surface area contributed by atoms with Crippen LogP contribution in [-0.4, -0.2) is 37.2 Å². The first-order chi connectivity index (χ1) is 29.0. The van der Waals surface area contributed by atoms with Crippen molar-refractivity contribution in [2.24, 2.45) is 0 Å². The van der Waals surface area contributed by atoms with Crippen LogP contribution in [0.25, 0.3) is 0 Å². The van der Waals surface area contributed by atoms with Crippen LogP contribution in [0.3, 0.4) is 0 Å². The third-order valence-electron chi connectivity index (χ3n) is 10.8. The number of rotatable bonds is 45. The fourth-order valence-electron chi connectivity index (χ4n) is 7.06. The lowest BCUT2D eigenvalue weighted by atomic mass is 10.0. The van der Waals surface area contributed by atoms with Gasteiger partial charge in [0.05, 0.1) is 0 Å². The molecule has 0 rings (SSSR count). The third kappa shape index (κ3) is 46.3. The fraction of sp³-hybridized carbons (Fsp3) is 0.792.